The van der Waals surface area contributed by atoms with E-state index in [0.29, 0.717) is 23.8 Å². The lowest BCUT2D eigenvalue weighted by atomic mass is 10.1. The van der Waals surface area contributed by atoms with Crippen LogP contribution in [0, 0.1) is 12.8 Å². The maximum atomic E-state index is 11.6. The molecule has 1 atom stereocenters. The average molecular weight is 279 g/mol. The molecule has 0 aliphatic carbocycles. The van der Waals surface area contributed by atoms with Crippen LogP contribution in [-0.4, -0.2) is 24.2 Å². The van der Waals surface area contributed by atoms with Crippen molar-refractivity contribution in [1.82, 2.24) is 5.32 Å². The van der Waals surface area contributed by atoms with Gasteiger partial charge in [-0.25, -0.2) is 0 Å². The number of nitrogens with one attached hydrogen (secondary N) is 1. The van der Waals surface area contributed by atoms with E-state index in [0.717, 1.165) is 12.0 Å². The molecule has 1 aromatic rings. The fraction of sp³-hybridized carbons (Fsp3) is 0.562. The second kappa shape index (κ2) is 7.90. The summed E-state index contributed by atoms with van der Waals surface area (Å²) in [4.78, 5) is 11.6. The molecule has 20 heavy (non-hydrogen) atoms. The van der Waals surface area contributed by atoms with E-state index in [2.05, 4.69) is 19.2 Å². The first kappa shape index (κ1) is 16.5. The summed E-state index contributed by atoms with van der Waals surface area (Å²) < 4.78 is 5.50. The third-order valence-corrected chi connectivity index (χ3v) is 3.02. The normalized spacial score (nSPS) is 12.3. The zero-order chi connectivity index (χ0) is 15.1. The number of aliphatic hydroxyl groups is 1. The van der Waals surface area contributed by atoms with Crippen LogP contribution in [0.25, 0.3) is 0 Å². The molecule has 0 aliphatic heterocycles. The molecule has 0 unspecified atom stereocenters. The maximum Gasteiger partial charge on any atom is 0.257 e. The fourth-order valence-corrected chi connectivity index (χ4v) is 1.82. The molecule has 0 fully saturated rings. The van der Waals surface area contributed by atoms with E-state index >= 15 is 0 Å². The lowest BCUT2D eigenvalue weighted by molar-refractivity contribution is -0.123. The maximum absolute atomic E-state index is 11.6. The van der Waals surface area contributed by atoms with Crippen LogP contribution in [0.3, 0.4) is 0 Å². The fourth-order valence-electron chi connectivity index (χ4n) is 1.82. The van der Waals surface area contributed by atoms with Gasteiger partial charge >= 0.3 is 0 Å². The molecule has 2 N–H and O–H groups in total. The van der Waals surface area contributed by atoms with E-state index in [1.54, 1.807) is 13.0 Å². The Morgan fingerprint density at radius 1 is 1.35 bits per heavy atom. The standard InChI is InChI=1S/C16H25NO3/c1-11(2)7-8-17-16(19)10-20-15-6-5-12(3)9-14(15)13(4)18/h5-6,9,11,13,18H,7-8,10H2,1-4H3,(H,17,19)/t13-/m1/s1. The van der Waals surface area contributed by atoms with Crippen LogP contribution >= 0.6 is 0 Å². The Morgan fingerprint density at radius 3 is 2.65 bits per heavy atom. The number of carbonyl (C=O) groups is 1. The Labute approximate surface area is 121 Å². The van der Waals surface area contributed by atoms with Crippen LogP contribution in [0.2, 0.25) is 0 Å². The Bertz CT molecular complexity index is 441. The van der Waals surface area contributed by atoms with Crippen molar-refractivity contribution in [2.75, 3.05) is 13.2 Å². The highest BCUT2D eigenvalue weighted by Crippen LogP contribution is 2.26. The van der Waals surface area contributed by atoms with Crippen molar-refractivity contribution in [1.29, 1.82) is 0 Å². The van der Waals surface area contributed by atoms with E-state index in [-0.39, 0.29) is 12.5 Å². The van der Waals surface area contributed by atoms with Crippen LogP contribution in [0.15, 0.2) is 18.2 Å². The van der Waals surface area contributed by atoms with Gasteiger partial charge in [-0.05, 0) is 38.3 Å². The number of aryl methyl sites for hydroxylation is 1. The zero-order valence-electron chi connectivity index (χ0n) is 12.8. The van der Waals surface area contributed by atoms with Crippen LogP contribution in [0.4, 0.5) is 0 Å². The molecule has 0 spiro atoms. The van der Waals surface area contributed by atoms with Crippen molar-refractivity contribution >= 4 is 5.91 Å². The van der Waals surface area contributed by atoms with E-state index in [1.165, 1.54) is 0 Å². The molecule has 0 saturated carbocycles. The zero-order valence-corrected chi connectivity index (χ0v) is 12.8. The molecule has 1 rings (SSSR count). The van der Waals surface area contributed by atoms with E-state index in [9.17, 15) is 9.90 Å². The van der Waals surface area contributed by atoms with Gasteiger partial charge < -0.3 is 15.2 Å². The number of ether oxygens (including phenoxy) is 1. The lowest BCUT2D eigenvalue weighted by Crippen LogP contribution is -2.30. The summed E-state index contributed by atoms with van der Waals surface area (Å²) in [7, 11) is 0. The van der Waals surface area contributed by atoms with E-state index in [4.69, 9.17) is 4.74 Å². The summed E-state index contributed by atoms with van der Waals surface area (Å²) in [6, 6.07) is 5.56. The van der Waals surface area contributed by atoms with Gasteiger partial charge in [-0.2, -0.15) is 0 Å². The molecule has 0 aliphatic rings. The number of hydrogen-bond acceptors (Lipinski definition) is 3. The van der Waals surface area contributed by atoms with Crippen LogP contribution in [0.5, 0.6) is 5.75 Å². The summed E-state index contributed by atoms with van der Waals surface area (Å²) in [5.74, 6) is 0.988. The van der Waals surface area contributed by atoms with Crippen molar-refractivity contribution in [3.05, 3.63) is 29.3 Å². The summed E-state index contributed by atoms with van der Waals surface area (Å²) >= 11 is 0. The number of rotatable bonds is 7. The van der Waals surface area contributed by atoms with E-state index < -0.39 is 6.10 Å². The van der Waals surface area contributed by atoms with Crippen molar-refractivity contribution in [2.24, 2.45) is 5.92 Å². The molecular formula is C16H25NO3. The molecule has 1 aromatic carbocycles. The second-order valence-electron chi connectivity index (χ2n) is 5.54. The van der Waals surface area contributed by atoms with Gasteiger partial charge in [0.1, 0.15) is 5.75 Å². The molecule has 112 valence electrons. The molecule has 0 saturated heterocycles. The van der Waals surface area contributed by atoms with Crippen molar-refractivity contribution in [3.8, 4) is 5.75 Å². The molecule has 0 heterocycles. The minimum absolute atomic E-state index is 0.0269. The molecular weight excluding hydrogens is 254 g/mol. The van der Waals surface area contributed by atoms with Gasteiger partial charge in [0.05, 0.1) is 6.10 Å². The number of carbonyl (C=O) groups excluding carboxylic acids is 1. The Kier molecular flexibility index (Phi) is 6.52. The highest BCUT2D eigenvalue weighted by molar-refractivity contribution is 5.77. The number of hydrogen-bond donors (Lipinski definition) is 2. The first-order valence-electron chi connectivity index (χ1n) is 7.08. The smallest absolute Gasteiger partial charge is 0.257 e. The second-order valence-corrected chi connectivity index (χ2v) is 5.54. The van der Waals surface area contributed by atoms with Crippen molar-refractivity contribution < 1.29 is 14.6 Å². The van der Waals surface area contributed by atoms with Crippen LogP contribution < -0.4 is 10.1 Å². The summed E-state index contributed by atoms with van der Waals surface area (Å²) in [6.07, 6.45) is 0.337. The van der Waals surface area contributed by atoms with Gasteiger partial charge in [0, 0.05) is 12.1 Å². The third kappa shape index (κ3) is 5.61. The van der Waals surface area contributed by atoms with Gasteiger partial charge in [-0.1, -0.05) is 25.5 Å². The van der Waals surface area contributed by atoms with Crippen LogP contribution in [-0.2, 0) is 4.79 Å². The van der Waals surface area contributed by atoms with Gasteiger partial charge in [-0.15, -0.1) is 0 Å². The largest absolute Gasteiger partial charge is 0.483 e. The topological polar surface area (TPSA) is 58.6 Å². The van der Waals surface area contributed by atoms with Gasteiger partial charge in [0.15, 0.2) is 6.61 Å². The average Bonchev–Trinajstić information content (AvgIpc) is 2.36. The molecule has 4 nitrogen and oxygen atoms in total. The molecule has 0 aromatic heterocycles. The molecule has 0 radical (unpaired) electrons. The summed E-state index contributed by atoms with van der Waals surface area (Å²) in [6.45, 7) is 8.50. The first-order valence-corrected chi connectivity index (χ1v) is 7.08. The van der Waals surface area contributed by atoms with Crippen molar-refractivity contribution in [3.63, 3.8) is 0 Å². The Morgan fingerprint density at radius 2 is 2.05 bits per heavy atom. The number of amides is 1. The molecule has 0 bridgehead atoms. The summed E-state index contributed by atoms with van der Waals surface area (Å²) in [5.41, 5.74) is 1.76. The predicted octanol–water partition coefficient (Wildman–Crippen LogP) is 2.59. The quantitative estimate of drug-likeness (QED) is 0.806. The van der Waals surface area contributed by atoms with Gasteiger partial charge in [-0.3, -0.25) is 4.79 Å². The Balaban J connectivity index is 2.51. The minimum atomic E-state index is -0.617. The predicted molar refractivity (Wildman–Crippen MR) is 79.8 cm³/mol. The first-order chi connectivity index (χ1) is 9.40. The van der Waals surface area contributed by atoms with Gasteiger partial charge in [0.25, 0.3) is 5.91 Å². The van der Waals surface area contributed by atoms with Gasteiger partial charge in [0.2, 0.25) is 0 Å². The Hall–Kier alpha value is -1.55. The molecule has 1 amide bonds. The monoisotopic (exact) mass is 279 g/mol. The van der Waals surface area contributed by atoms with E-state index in [1.807, 2.05) is 19.1 Å². The summed E-state index contributed by atoms with van der Waals surface area (Å²) in [5, 5.41) is 12.5. The minimum Gasteiger partial charge on any atom is -0.483 e. The number of benzene rings is 1. The lowest BCUT2D eigenvalue weighted by Gasteiger charge is -2.14. The van der Waals surface area contributed by atoms with Crippen LogP contribution in [0.1, 0.15) is 44.4 Å². The SMILES string of the molecule is Cc1ccc(OCC(=O)NCCC(C)C)c([C@@H](C)O)c1. The highest BCUT2D eigenvalue weighted by Gasteiger charge is 2.11. The third-order valence-electron chi connectivity index (χ3n) is 3.02. The molecule has 4 heteroatoms. The highest BCUT2D eigenvalue weighted by atomic mass is 16.5. The number of aliphatic hydroxyl groups excluding tert-OH is 1. The van der Waals surface area contributed by atoms with Crippen molar-refractivity contribution in [2.45, 2.75) is 40.2 Å².